The Labute approximate surface area is 273 Å². The maximum absolute atomic E-state index is 14.9. The van der Waals surface area contributed by atoms with Crippen LogP contribution >= 0.6 is 0 Å². The standard InChI is InChI=1S/C35H34F4N4O5/c1-33(32(45)42-24-8-4-3-5-9-24)19-48-30-25(33)17-27(43-29(30)20-10-12-23(36)13-11-20)34(46,35(37,38)39)18-41-31(44)22-15-21-7-6-14-40-28(21)26(16-22)47-2/h6-7,10-17,24,46H,3-5,8-9,18-19H2,1-2H3,(H,41,44)(H,42,45)/t33-,34?/m0/s1. The molecule has 0 radical (unpaired) electrons. The summed E-state index contributed by atoms with van der Waals surface area (Å²) < 4.78 is 69.9. The van der Waals surface area contributed by atoms with Crippen molar-refractivity contribution < 1.29 is 41.7 Å². The normalized spacial score (nSPS) is 19.2. The Bertz CT molecular complexity index is 1860. The van der Waals surface area contributed by atoms with Crippen molar-refractivity contribution in [1.29, 1.82) is 0 Å². The molecule has 1 unspecified atom stereocenters. The van der Waals surface area contributed by atoms with Gasteiger partial charge in [-0.05, 0) is 68.3 Å². The van der Waals surface area contributed by atoms with Gasteiger partial charge in [0.1, 0.15) is 40.5 Å². The topological polar surface area (TPSA) is 123 Å². The lowest BCUT2D eigenvalue weighted by Gasteiger charge is -2.32. The summed E-state index contributed by atoms with van der Waals surface area (Å²) in [6.45, 7) is 0.0505. The average molecular weight is 667 g/mol. The third-order valence-corrected chi connectivity index (χ3v) is 9.18. The van der Waals surface area contributed by atoms with Gasteiger partial charge in [0.15, 0.2) is 0 Å². The van der Waals surface area contributed by atoms with Gasteiger partial charge in [0.2, 0.25) is 11.5 Å². The van der Waals surface area contributed by atoms with Crippen molar-refractivity contribution >= 4 is 22.7 Å². The summed E-state index contributed by atoms with van der Waals surface area (Å²) in [5.74, 6) is -1.64. The molecule has 2 aromatic carbocycles. The number of aromatic nitrogens is 2. The van der Waals surface area contributed by atoms with Crippen LogP contribution in [-0.2, 0) is 15.8 Å². The Morgan fingerprint density at radius 3 is 2.50 bits per heavy atom. The minimum Gasteiger partial charge on any atom is -0.494 e. The number of hydrogen-bond acceptors (Lipinski definition) is 7. The van der Waals surface area contributed by atoms with Crippen LogP contribution in [0.25, 0.3) is 22.2 Å². The Morgan fingerprint density at radius 2 is 1.81 bits per heavy atom. The van der Waals surface area contributed by atoms with E-state index in [0.29, 0.717) is 10.9 Å². The van der Waals surface area contributed by atoms with Crippen LogP contribution in [0.2, 0.25) is 0 Å². The lowest BCUT2D eigenvalue weighted by atomic mass is 9.81. The zero-order valence-corrected chi connectivity index (χ0v) is 26.3. The predicted molar refractivity (Wildman–Crippen MR) is 168 cm³/mol. The molecule has 0 spiro atoms. The summed E-state index contributed by atoms with van der Waals surface area (Å²) in [7, 11) is 1.37. The number of carbonyl (C=O) groups excluding carboxylic acids is 2. The van der Waals surface area contributed by atoms with E-state index < -0.39 is 47.1 Å². The minimum absolute atomic E-state index is 0.0221. The molecule has 0 saturated heterocycles. The van der Waals surface area contributed by atoms with Crippen LogP contribution in [0.1, 0.15) is 60.6 Å². The number of halogens is 4. The number of benzene rings is 2. The van der Waals surface area contributed by atoms with E-state index in [0.717, 1.165) is 50.3 Å². The number of nitrogens with one attached hydrogen (secondary N) is 2. The molecule has 3 N–H and O–H groups in total. The molecule has 9 nitrogen and oxygen atoms in total. The molecule has 6 rings (SSSR count). The van der Waals surface area contributed by atoms with Gasteiger partial charge in [-0.1, -0.05) is 25.3 Å². The lowest BCUT2D eigenvalue weighted by Crippen LogP contribution is -2.52. The first-order valence-corrected chi connectivity index (χ1v) is 15.6. The number of nitrogens with zero attached hydrogens (tertiary/aromatic N) is 2. The minimum atomic E-state index is -5.34. The third kappa shape index (κ3) is 6.02. The van der Waals surface area contributed by atoms with Crippen molar-refractivity contribution in [2.24, 2.45) is 0 Å². The zero-order chi connectivity index (χ0) is 34.3. The molecule has 2 aliphatic rings. The van der Waals surface area contributed by atoms with Gasteiger partial charge < -0.3 is 25.2 Å². The van der Waals surface area contributed by atoms with Crippen LogP contribution in [0.5, 0.6) is 11.5 Å². The molecule has 252 valence electrons. The summed E-state index contributed by atoms with van der Waals surface area (Å²) >= 11 is 0. The molecule has 1 saturated carbocycles. The highest BCUT2D eigenvalue weighted by Crippen LogP contribution is 2.48. The van der Waals surface area contributed by atoms with E-state index in [-0.39, 0.29) is 46.5 Å². The van der Waals surface area contributed by atoms with Gasteiger partial charge in [-0.25, -0.2) is 9.37 Å². The number of carbonyl (C=O) groups is 2. The molecule has 2 amide bonds. The number of pyridine rings is 2. The van der Waals surface area contributed by atoms with Crippen LogP contribution in [0.15, 0.2) is 60.8 Å². The fourth-order valence-electron chi connectivity index (χ4n) is 6.27. The van der Waals surface area contributed by atoms with Crippen molar-refractivity contribution in [2.75, 3.05) is 20.3 Å². The van der Waals surface area contributed by atoms with E-state index in [1.54, 1.807) is 19.1 Å². The molecule has 48 heavy (non-hydrogen) atoms. The van der Waals surface area contributed by atoms with E-state index >= 15 is 0 Å². The van der Waals surface area contributed by atoms with Crippen LogP contribution in [-0.4, -0.2) is 59.4 Å². The number of alkyl halides is 3. The van der Waals surface area contributed by atoms with Gasteiger partial charge in [-0.15, -0.1) is 0 Å². The number of fused-ring (bicyclic) bond motifs is 2. The highest BCUT2D eigenvalue weighted by molar-refractivity contribution is 6.00. The molecule has 2 atom stereocenters. The summed E-state index contributed by atoms with van der Waals surface area (Å²) in [6.07, 6.45) is 0.718. The van der Waals surface area contributed by atoms with Crippen LogP contribution in [0.4, 0.5) is 17.6 Å². The van der Waals surface area contributed by atoms with Gasteiger partial charge >= 0.3 is 6.18 Å². The van der Waals surface area contributed by atoms with Gasteiger partial charge in [0.05, 0.1) is 19.3 Å². The first kappa shape index (κ1) is 33.1. The molecule has 1 aliphatic heterocycles. The summed E-state index contributed by atoms with van der Waals surface area (Å²) in [6, 6.07) is 11.9. The van der Waals surface area contributed by atoms with Gasteiger partial charge in [-0.3, -0.25) is 14.6 Å². The second-order valence-electron chi connectivity index (χ2n) is 12.5. The fourth-order valence-corrected chi connectivity index (χ4v) is 6.27. The highest BCUT2D eigenvalue weighted by Gasteiger charge is 2.58. The van der Waals surface area contributed by atoms with E-state index in [2.05, 4.69) is 20.6 Å². The van der Waals surface area contributed by atoms with Crippen LogP contribution in [0, 0.1) is 5.82 Å². The monoisotopic (exact) mass is 666 g/mol. The van der Waals surface area contributed by atoms with Gasteiger partial charge in [0, 0.05) is 34.3 Å². The second kappa shape index (κ2) is 12.7. The zero-order valence-electron chi connectivity index (χ0n) is 26.3. The second-order valence-corrected chi connectivity index (χ2v) is 12.5. The number of rotatable bonds is 8. The van der Waals surface area contributed by atoms with E-state index in [9.17, 15) is 32.3 Å². The molecule has 3 heterocycles. The lowest BCUT2D eigenvalue weighted by molar-refractivity contribution is -0.265. The number of methoxy groups -OCH3 is 1. The number of amides is 2. The van der Waals surface area contributed by atoms with Crippen molar-refractivity contribution in [3.8, 4) is 22.8 Å². The fraction of sp³-hybridized carbons (Fsp3) is 0.371. The molecule has 4 aromatic rings. The van der Waals surface area contributed by atoms with E-state index in [1.165, 1.54) is 37.6 Å². The molecule has 1 aliphatic carbocycles. The molecular weight excluding hydrogens is 632 g/mol. The van der Waals surface area contributed by atoms with Crippen molar-refractivity contribution in [3.63, 3.8) is 0 Å². The number of ether oxygens (including phenoxy) is 2. The maximum atomic E-state index is 14.9. The summed E-state index contributed by atoms with van der Waals surface area (Å²) in [5.41, 5.74) is -5.41. The van der Waals surface area contributed by atoms with Crippen molar-refractivity contribution in [3.05, 3.63) is 83.4 Å². The van der Waals surface area contributed by atoms with E-state index in [4.69, 9.17) is 9.47 Å². The van der Waals surface area contributed by atoms with Gasteiger partial charge in [-0.2, -0.15) is 13.2 Å². The quantitative estimate of drug-likeness (QED) is 0.206. The first-order chi connectivity index (χ1) is 22.8. The summed E-state index contributed by atoms with van der Waals surface area (Å²) in [4.78, 5) is 35.4. The Kier molecular flexibility index (Phi) is 8.75. The number of aliphatic hydroxyl groups is 1. The van der Waals surface area contributed by atoms with E-state index in [1.807, 2.05) is 0 Å². The third-order valence-electron chi connectivity index (χ3n) is 9.18. The molecule has 0 bridgehead atoms. The SMILES string of the molecule is COc1cc(C(=O)NCC(O)(c2cc3c(c(-c4ccc(F)cc4)n2)OC[C@]3(C)C(=O)NC2CCCCC2)C(F)(F)F)cc2cccnc12. The summed E-state index contributed by atoms with van der Waals surface area (Å²) in [5, 5.41) is 17.2. The molecule has 2 aromatic heterocycles. The van der Waals surface area contributed by atoms with Crippen molar-refractivity contribution in [1.82, 2.24) is 20.6 Å². The Hall–Kier alpha value is -4.78. The molecular formula is C35H34F4N4O5. The highest BCUT2D eigenvalue weighted by atomic mass is 19.4. The van der Waals surface area contributed by atoms with Gasteiger partial charge in [0.25, 0.3) is 5.91 Å². The molecule has 13 heteroatoms. The Morgan fingerprint density at radius 1 is 1.08 bits per heavy atom. The first-order valence-electron chi connectivity index (χ1n) is 15.6. The van der Waals surface area contributed by atoms with Crippen molar-refractivity contribution in [2.45, 2.75) is 62.3 Å². The average Bonchev–Trinajstić information content (AvgIpc) is 3.43. The maximum Gasteiger partial charge on any atom is 0.424 e. The number of hydrogen-bond donors (Lipinski definition) is 3. The smallest absolute Gasteiger partial charge is 0.424 e. The van der Waals surface area contributed by atoms with Crippen LogP contribution in [0.3, 0.4) is 0 Å². The molecule has 1 fully saturated rings. The Balaban J connectivity index is 1.40. The van der Waals surface area contributed by atoms with Crippen LogP contribution < -0.4 is 20.1 Å². The predicted octanol–water partition coefficient (Wildman–Crippen LogP) is 5.72. The largest absolute Gasteiger partial charge is 0.494 e.